The van der Waals surface area contributed by atoms with Crippen LogP contribution in [0.4, 0.5) is 0 Å². The Morgan fingerprint density at radius 2 is 1.89 bits per heavy atom. The molecular weight excluding hydrogens is 246 g/mol. The van der Waals surface area contributed by atoms with Crippen molar-refractivity contribution in [2.24, 2.45) is 0 Å². The Kier molecular flexibility index (Phi) is 6.20. The Hall–Kier alpha value is -0.233. The van der Waals surface area contributed by atoms with Gasteiger partial charge in [0.05, 0.1) is 0 Å². The third kappa shape index (κ3) is 5.18. The molecule has 0 unspecified atom stereocenters. The number of hydrogen-bond donors (Lipinski definition) is 2. The van der Waals surface area contributed by atoms with Crippen LogP contribution in [0.2, 0.25) is 0 Å². The molecule has 1 aromatic carbocycles. The van der Waals surface area contributed by atoms with Crippen molar-refractivity contribution in [3.63, 3.8) is 0 Å². The van der Waals surface area contributed by atoms with E-state index < -0.39 is 7.82 Å². The smallest absolute Gasteiger partial charge is 1.00 e. The number of phosphoric acid groups is 1. The third-order valence-electron chi connectivity index (χ3n) is 2.48. The summed E-state index contributed by atoms with van der Waals surface area (Å²) in [6, 6.07) is 5.38. The zero-order chi connectivity index (χ0) is 13.3. The van der Waals surface area contributed by atoms with E-state index in [4.69, 9.17) is 14.3 Å². The van der Waals surface area contributed by atoms with Crippen molar-refractivity contribution in [1.82, 2.24) is 0 Å². The van der Waals surface area contributed by atoms with Crippen LogP contribution >= 0.6 is 7.82 Å². The maximum absolute atomic E-state index is 10.9. The van der Waals surface area contributed by atoms with Crippen LogP contribution in [0.1, 0.15) is 40.2 Å². The molecule has 1 aromatic rings. The quantitative estimate of drug-likeness (QED) is 0.603. The average molecular weight is 266 g/mol. The molecule has 0 aromatic heterocycles. The minimum absolute atomic E-state index is 0. The van der Waals surface area contributed by atoms with Gasteiger partial charge in [-0.05, 0) is 23.5 Å². The normalized spacial score (nSPS) is 11.9. The summed E-state index contributed by atoms with van der Waals surface area (Å²) in [6.07, 6.45) is 0.874. The van der Waals surface area contributed by atoms with Crippen molar-refractivity contribution in [3.05, 3.63) is 29.3 Å². The summed E-state index contributed by atoms with van der Waals surface area (Å²) in [5.74, 6) is 0.253. The molecule has 6 heteroatoms. The van der Waals surface area contributed by atoms with Crippen molar-refractivity contribution in [2.75, 3.05) is 0 Å². The Balaban J connectivity index is 0. The second-order valence-electron chi connectivity index (χ2n) is 5.02. The maximum atomic E-state index is 10.9. The second kappa shape index (κ2) is 6.28. The van der Waals surface area contributed by atoms with Gasteiger partial charge in [-0.15, -0.1) is 0 Å². The van der Waals surface area contributed by atoms with E-state index in [-0.39, 0.29) is 31.5 Å². The van der Waals surface area contributed by atoms with Crippen LogP contribution in [0, 0.1) is 0 Å². The summed E-state index contributed by atoms with van der Waals surface area (Å²) in [5.41, 5.74) is 1.70. The first-order chi connectivity index (χ1) is 7.63. The number of rotatable bonds is 3. The molecule has 0 bridgehead atoms. The fourth-order valence-electron chi connectivity index (χ4n) is 1.59. The van der Waals surface area contributed by atoms with Crippen LogP contribution in [0.3, 0.4) is 0 Å². The zero-order valence-electron chi connectivity index (χ0n) is 12.6. The van der Waals surface area contributed by atoms with Gasteiger partial charge in [0.15, 0.2) is 0 Å². The van der Waals surface area contributed by atoms with E-state index in [2.05, 4.69) is 0 Å². The molecule has 98 valence electrons. The van der Waals surface area contributed by atoms with Crippen molar-refractivity contribution < 1.29 is 39.2 Å². The van der Waals surface area contributed by atoms with Gasteiger partial charge in [-0.2, -0.15) is 0 Å². The van der Waals surface area contributed by atoms with Gasteiger partial charge in [0.25, 0.3) is 0 Å². The van der Waals surface area contributed by atoms with Gasteiger partial charge in [-0.25, -0.2) is 4.57 Å². The summed E-state index contributed by atoms with van der Waals surface area (Å²) in [6.45, 7) is 7.97. The van der Waals surface area contributed by atoms with Crippen molar-refractivity contribution in [1.29, 1.82) is 0 Å². The van der Waals surface area contributed by atoms with Gasteiger partial charge in [-0.1, -0.05) is 39.8 Å². The number of hydrogen-bond acceptors (Lipinski definition) is 2. The van der Waals surface area contributed by atoms with Gasteiger partial charge in [0, 0.05) is 5.56 Å². The molecule has 0 amide bonds. The molecule has 0 saturated carbocycles. The molecule has 0 atom stereocenters. The van der Waals surface area contributed by atoms with Crippen molar-refractivity contribution in [2.45, 2.75) is 39.5 Å². The number of phosphoric ester groups is 1. The maximum Gasteiger partial charge on any atom is 1.00 e. The Morgan fingerprint density at radius 1 is 1.33 bits per heavy atom. The molecule has 1 rings (SSSR count). The number of benzene rings is 1. The van der Waals surface area contributed by atoms with E-state index in [1.165, 1.54) is 0 Å². The summed E-state index contributed by atoms with van der Waals surface area (Å²) in [4.78, 5) is 17.8. The van der Waals surface area contributed by atoms with E-state index in [1.807, 2.05) is 39.8 Å². The summed E-state index contributed by atoms with van der Waals surface area (Å²) in [5, 5.41) is 0. The van der Waals surface area contributed by atoms with Crippen LogP contribution < -0.4 is 23.4 Å². The Morgan fingerprint density at radius 3 is 2.28 bits per heavy atom. The summed E-state index contributed by atoms with van der Waals surface area (Å²) in [7, 11) is -4.51. The fraction of sp³-hybridized carbons (Fsp3) is 0.500. The minimum atomic E-state index is -4.51. The van der Waals surface area contributed by atoms with E-state index in [9.17, 15) is 4.57 Å². The largest absolute Gasteiger partial charge is 1.00 e. The van der Waals surface area contributed by atoms with Gasteiger partial charge >= 0.3 is 26.7 Å². The predicted octanol–water partition coefficient (Wildman–Crippen LogP) is 0.134. The topological polar surface area (TPSA) is 66.8 Å². The molecule has 2 N–H and O–H groups in total. The van der Waals surface area contributed by atoms with Gasteiger partial charge in [-0.3, -0.25) is 9.79 Å². The molecule has 0 aliphatic heterocycles. The molecule has 0 fully saturated rings. The van der Waals surface area contributed by atoms with Crippen molar-refractivity contribution >= 4 is 7.82 Å². The Labute approximate surface area is 122 Å². The standard InChI is InChI=1S/C12H19O4P.Li.H/c1-5-9-6-7-11(16-17(13,14)15)10(8-9)12(2,3)4;;/h6-8H,5H2,1-4H3,(H2,13,14,15);;/q;+1;-1. The molecule has 0 radical (unpaired) electrons. The first-order valence-corrected chi connectivity index (χ1v) is 7.05. The van der Waals surface area contributed by atoms with E-state index >= 15 is 0 Å². The average Bonchev–Trinajstić information content (AvgIpc) is 2.14. The zero-order valence-corrected chi connectivity index (χ0v) is 12.5. The molecule has 18 heavy (non-hydrogen) atoms. The monoisotopic (exact) mass is 266 g/mol. The third-order valence-corrected chi connectivity index (χ3v) is 2.91. The molecule has 4 nitrogen and oxygen atoms in total. The molecule has 0 heterocycles. The predicted molar refractivity (Wildman–Crippen MR) is 68.3 cm³/mol. The molecule has 0 aliphatic carbocycles. The summed E-state index contributed by atoms with van der Waals surface area (Å²) >= 11 is 0. The first-order valence-electron chi connectivity index (χ1n) is 5.52. The van der Waals surface area contributed by atoms with Crippen LogP contribution in [0.15, 0.2) is 18.2 Å². The molecule has 0 aliphatic rings. The van der Waals surface area contributed by atoms with Gasteiger partial charge in [0.2, 0.25) is 0 Å². The molecule has 0 spiro atoms. The van der Waals surface area contributed by atoms with Gasteiger partial charge in [0.1, 0.15) is 5.75 Å². The van der Waals surface area contributed by atoms with E-state index in [0.717, 1.165) is 17.5 Å². The van der Waals surface area contributed by atoms with Gasteiger partial charge < -0.3 is 5.95 Å². The van der Waals surface area contributed by atoms with Crippen LogP contribution in [-0.4, -0.2) is 9.79 Å². The SMILES string of the molecule is CCc1ccc(OP(=O)(O)O)c(C(C)(C)C)c1.[H-].[Li+]. The van der Waals surface area contributed by atoms with E-state index in [0.29, 0.717) is 0 Å². The van der Waals surface area contributed by atoms with Crippen molar-refractivity contribution in [3.8, 4) is 5.75 Å². The summed E-state index contributed by atoms with van der Waals surface area (Å²) < 4.78 is 15.6. The van der Waals surface area contributed by atoms with Crippen LogP contribution in [0.5, 0.6) is 5.75 Å². The van der Waals surface area contributed by atoms with Crippen LogP contribution in [0.25, 0.3) is 0 Å². The first kappa shape index (κ1) is 17.8. The fourth-order valence-corrected chi connectivity index (χ4v) is 2.01. The molecular formula is C12H20LiO4P. The van der Waals surface area contributed by atoms with Crippen LogP contribution in [-0.2, 0) is 16.4 Å². The Bertz CT molecular complexity index is 454. The minimum Gasteiger partial charge on any atom is -1.00 e. The molecule has 0 saturated heterocycles. The van der Waals surface area contributed by atoms with E-state index in [1.54, 1.807) is 6.07 Å². The second-order valence-corrected chi connectivity index (χ2v) is 6.18. The number of aryl methyl sites for hydroxylation is 1.